The predicted octanol–water partition coefficient (Wildman–Crippen LogP) is 3.70. The third-order valence-corrected chi connectivity index (χ3v) is 2.92. The van der Waals surface area contributed by atoms with Crippen LogP contribution < -0.4 is 5.32 Å². The van der Waals surface area contributed by atoms with E-state index in [1.165, 1.54) is 24.8 Å². The molecule has 0 fully saturated rings. The summed E-state index contributed by atoms with van der Waals surface area (Å²) >= 11 is 0. The smallest absolute Gasteiger partial charge is 0.303 e. The van der Waals surface area contributed by atoms with Crippen molar-refractivity contribution in [2.45, 2.75) is 45.4 Å². The number of carboxylic acid groups (broad SMARTS) is 1. The summed E-state index contributed by atoms with van der Waals surface area (Å²) in [5, 5.41) is 11.8. The van der Waals surface area contributed by atoms with Gasteiger partial charge in [0.15, 0.2) is 0 Å². The number of hydrogen-bond acceptors (Lipinski definition) is 2. The molecule has 0 radical (unpaired) electrons. The van der Waals surface area contributed by atoms with Crippen molar-refractivity contribution in [3.63, 3.8) is 0 Å². The molecule has 0 unspecified atom stereocenters. The van der Waals surface area contributed by atoms with Gasteiger partial charge in [-0.05, 0) is 37.0 Å². The molecule has 0 aliphatic rings. The molecule has 18 heavy (non-hydrogen) atoms. The fourth-order valence-electron chi connectivity index (χ4n) is 1.84. The molecule has 3 heteroatoms. The summed E-state index contributed by atoms with van der Waals surface area (Å²) in [6, 6.07) is 8.44. The van der Waals surface area contributed by atoms with Crippen LogP contribution in [0.5, 0.6) is 0 Å². The predicted molar refractivity (Wildman–Crippen MR) is 75.0 cm³/mol. The van der Waals surface area contributed by atoms with E-state index in [0.29, 0.717) is 13.0 Å². The highest BCUT2D eigenvalue weighted by Crippen LogP contribution is 2.12. The molecule has 1 aromatic rings. The summed E-state index contributed by atoms with van der Waals surface area (Å²) < 4.78 is 0. The van der Waals surface area contributed by atoms with Gasteiger partial charge in [0.1, 0.15) is 0 Å². The van der Waals surface area contributed by atoms with Crippen molar-refractivity contribution < 1.29 is 9.90 Å². The number of nitrogens with one attached hydrogen (secondary N) is 1. The minimum atomic E-state index is -0.733. The second kappa shape index (κ2) is 8.56. The van der Waals surface area contributed by atoms with Crippen molar-refractivity contribution in [2.75, 3.05) is 11.9 Å². The van der Waals surface area contributed by atoms with E-state index in [2.05, 4.69) is 36.5 Å². The zero-order valence-corrected chi connectivity index (χ0v) is 11.1. The highest BCUT2D eigenvalue weighted by molar-refractivity contribution is 5.66. The van der Waals surface area contributed by atoms with Gasteiger partial charge in [-0.15, -0.1) is 0 Å². The van der Waals surface area contributed by atoms with Gasteiger partial charge >= 0.3 is 5.97 Å². The van der Waals surface area contributed by atoms with Crippen LogP contribution >= 0.6 is 0 Å². The van der Waals surface area contributed by atoms with Crippen molar-refractivity contribution in [2.24, 2.45) is 0 Å². The molecule has 0 heterocycles. The van der Waals surface area contributed by atoms with Gasteiger partial charge in [0.05, 0.1) is 0 Å². The largest absolute Gasteiger partial charge is 0.481 e. The van der Waals surface area contributed by atoms with Gasteiger partial charge in [-0.2, -0.15) is 0 Å². The molecular formula is C15H23NO2. The molecule has 0 aliphatic heterocycles. The lowest BCUT2D eigenvalue weighted by atomic mass is 10.1. The first-order valence-corrected chi connectivity index (χ1v) is 6.77. The van der Waals surface area contributed by atoms with Crippen LogP contribution in [-0.4, -0.2) is 17.6 Å². The average molecular weight is 249 g/mol. The van der Waals surface area contributed by atoms with Crippen molar-refractivity contribution in [3.8, 4) is 0 Å². The molecule has 0 bridgehead atoms. The quantitative estimate of drug-likeness (QED) is 0.656. The fourth-order valence-corrected chi connectivity index (χ4v) is 1.84. The van der Waals surface area contributed by atoms with Gasteiger partial charge in [-0.1, -0.05) is 31.9 Å². The van der Waals surface area contributed by atoms with Crippen LogP contribution in [-0.2, 0) is 11.2 Å². The van der Waals surface area contributed by atoms with E-state index in [1.54, 1.807) is 0 Å². The molecular weight excluding hydrogens is 226 g/mol. The Morgan fingerprint density at radius 2 is 1.89 bits per heavy atom. The third kappa shape index (κ3) is 6.28. The maximum Gasteiger partial charge on any atom is 0.303 e. The lowest BCUT2D eigenvalue weighted by Crippen LogP contribution is -2.04. The van der Waals surface area contributed by atoms with E-state index in [0.717, 1.165) is 12.1 Å². The van der Waals surface area contributed by atoms with Gasteiger partial charge in [0.25, 0.3) is 0 Å². The van der Waals surface area contributed by atoms with Gasteiger partial charge in [-0.3, -0.25) is 4.79 Å². The molecule has 0 saturated heterocycles. The summed E-state index contributed by atoms with van der Waals surface area (Å²) in [5.74, 6) is -0.733. The minimum absolute atomic E-state index is 0.224. The Kier molecular flexibility index (Phi) is 6.92. The van der Waals surface area contributed by atoms with Crippen molar-refractivity contribution >= 4 is 11.7 Å². The number of unbranched alkanes of at least 4 members (excludes halogenated alkanes) is 2. The highest BCUT2D eigenvalue weighted by Gasteiger charge is 1.97. The number of aliphatic carboxylic acids is 1. The summed E-state index contributed by atoms with van der Waals surface area (Å²) in [4.78, 5) is 10.4. The van der Waals surface area contributed by atoms with E-state index >= 15 is 0 Å². The Labute approximate surface area is 109 Å². The monoisotopic (exact) mass is 249 g/mol. The van der Waals surface area contributed by atoms with E-state index < -0.39 is 5.97 Å². The Bertz CT molecular complexity index is 346. The Morgan fingerprint density at radius 1 is 1.17 bits per heavy atom. The van der Waals surface area contributed by atoms with E-state index in [4.69, 9.17) is 5.11 Å². The SMILES string of the molecule is CCCCCc1ccc(NCCCC(=O)O)cc1. The summed E-state index contributed by atoms with van der Waals surface area (Å²) in [7, 11) is 0. The van der Waals surface area contributed by atoms with Gasteiger partial charge in [0.2, 0.25) is 0 Å². The van der Waals surface area contributed by atoms with Crippen LogP contribution in [0.3, 0.4) is 0 Å². The third-order valence-electron chi connectivity index (χ3n) is 2.92. The minimum Gasteiger partial charge on any atom is -0.481 e. The second-order valence-electron chi connectivity index (χ2n) is 4.58. The molecule has 0 aromatic heterocycles. The van der Waals surface area contributed by atoms with Crippen LogP contribution in [0.4, 0.5) is 5.69 Å². The lowest BCUT2D eigenvalue weighted by molar-refractivity contribution is -0.137. The van der Waals surface area contributed by atoms with Crippen molar-refractivity contribution in [3.05, 3.63) is 29.8 Å². The zero-order chi connectivity index (χ0) is 13.2. The Hall–Kier alpha value is -1.51. The summed E-state index contributed by atoms with van der Waals surface area (Å²) in [5.41, 5.74) is 2.44. The fraction of sp³-hybridized carbons (Fsp3) is 0.533. The molecule has 0 saturated carbocycles. The van der Waals surface area contributed by atoms with Crippen molar-refractivity contribution in [1.29, 1.82) is 0 Å². The van der Waals surface area contributed by atoms with Crippen LogP contribution in [0.1, 0.15) is 44.6 Å². The molecule has 0 spiro atoms. The number of benzene rings is 1. The number of aryl methyl sites for hydroxylation is 1. The van der Waals surface area contributed by atoms with E-state index in [9.17, 15) is 4.79 Å². The number of anilines is 1. The molecule has 1 aromatic carbocycles. The van der Waals surface area contributed by atoms with Crippen LogP contribution in [0.15, 0.2) is 24.3 Å². The van der Waals surface area contributed by atoms with E-state index in [1.807, 2.05) is 0 Å². The Morgan fingerprint density at radius 3 is 2.50 bits per heavy atom. The van der Waals surface area contributed by atoms with E-state index in [-0.39, 0.29) is 6.42 Å². The van der Waals surface area contributed by atoms with Gasteiger partial charge < -0.3 is 10.4 Å². The van der Waals surface area contributed by atoms with Crippen LogP contribution in [0.25, 0.3) is 0 Å². The first-order chi connectivity index (χ1) is 8.72. The first-order valence-electron chi connectivity index (χ1n) is 6.77. The maximum atomic E-state index is 10.4. The van der Waals surface area contributed by atoms with Crippen LogP contribution in [0, 0.1) is 0 Å². The first kappa shape index (κ1) is 14.6. The Balaban J connectivity index is 2.25. The lowest BCUT2D eigenvalue weighted by Gasteiger charge is -2.06. The molecule has 100 valence electrons. The molecule has 0 atom stereocenters. The molecule has 3 nitrogen and oxygen atoms in total. The standard InChI is InChI=1S/C15H23NO2/c1-2-3-4-6-13-8-10-14(11-9-13)16-12-5-7-15(17)18/h8-11,16H,2-7,12H2,1H3,(H,17,18). The number of carbonyl (C=O) groups is 1. The zero-order valence-electron chi connectivity index (χ0n) is 11.1. The van der Waals surface area contributed by atoms with Crippen LogP contribution in [0.2, 0.25) is 0 Å². The highest BCUT2D eigenvalue weighted by atomic mass is 16.4. The number of hydrogen-bond donors (Lipinski definition) is 2. The molecule has 2 N–H and O–H groups in total. The average Bonchev–Trinajstić information content (AvgIpc) is 2.36. The molecule has 1 rings (SSSR count). The summed E-state index contributed by atoms with van der Waals surface area (Å²) in [6.07, 6.45) is 5.82. The van der Waals surface area contributed by atoms with Gasteiger partial charge in [0, 0.05) is 18.7 Å². The normalized spacial score (nSPS) is 10.3. The topological polar surface area (TPSA) is 49.3 Å². The molecule has 0 amide bonds. The second-order valence-corrected chi connectivity index (χ2v) is 4.58. The van der Waals surface area contributed by atoms with Gasteiger partial charge in [-0.25, -0.2) is 0 Å². The van der Waals surface area contributed by atoms with Crippen molar-refractivity contribution in [1.82, 2.24) is 0 Å². The molecule has 0 aliphatic carbocycles. The number of rotatable bonds is 9. The number of carboxylic acids is 1. The maximum absolute atomic E-state index is 10.4. The summed E-state index contributed by atoms with van der Waals surface area (Å²) in [6.45, 7) is 2.92.